The fourth-order valence-electron chi connectivity index (χ4n) is 3.58. The molecule has 0 N–H and O–H groups in total. The van der Waals surface area contributed by atoms with Crippen LogP contribution in [-0.2, 0) is 6.61 Å². The summed E-state index contributed by atoms with van der Waals surface area (Å²) < 4.78 is 5.76. The van der Waals surface area contributed by atoms with Crippen LogP contribution in [0.25, 0.3) is 0 Å². The van der Waals surface area contributed by atoms with Gasteiger partial charge in [-0.2, -0.15) is 0 Å². The molecule has 0 atom stereocenters. The number of ether oxygens (including phenoxy) is 1. The zero-order valence-electron chi connectivity index (χ0n) is 15.2. The summed E-state index contributed by atoms with van der Waals surface area (Å²) in [7, 11) is 0. The lowest BCUT2D eigenvalue weighted by atomic mass is 10.1. The monoisotopic (exact) mass is 337 g/mol. The van der Waals surface area contributed by atoms with Crippen LogP contribution in [0.1, 0.15) is 55.5 Å². The van der Waals surface area contributed by atoms with Crippen LogP contribution in [0, 0.1) is 0 Å². The van der Waals surface area contributed by atoms with E-state index in [1.54, 1.807) is 0 Å². The number of carbonyl (C=O) groups is 1. The minimum atomic E-state index is 0.150. The van der Waals surface area contributed by atoms with E-state index in [1.165, 1.54) is 12.8 Å². The molecule has 3 nitrogen and oxygen atoms in total. The van der Waals surface area contributed by atoms with Gasteiger partial charge >= 0.3 is 0 Å². The molecule has 0 bridgehead atoms. The fraction of sp³-hybridized carbons (Fsp3) is 0.409. The third-order valence-corrected chi connectivity index (χ3v) is 4.86. The Balaban J connectivity index is 1.65. The first-order chi connectivity index (χ1) is 12.1. The third-order valence-electron chi connectivity index (χ3n) is 4.86. The second-order valence-corrected chi connectivity index (χ2v) is 7.04. The van der Waals surface area contributed by atoms with Crippen molar-refractivity contribution in [2.75, 3.05) is 0 Å². The summed E-state index contributed by atoms with van der Waals surface area (Å²) in [6.45, 7) is 4.73. The summed E-state index contributed by atoms with van der Waals surface area (Å²) in [4.78, 5) is 15.0. The van der Waals surface area contributed by atoms with Crippen molar-refractivity contribution >= 4 is 5.91 Å². The minimum Gasteiger partial charge on any atom is -0.489 e. The molecule has 1 aliphatic carbocycles. The molecule has 1 fully saturated rings. The number of para-hydroxylation sites is 1. The van der Waals surface area contributed by atoms with Crippen LogP contribution in [0.2, 0.25) is 0 Å². The third kappa shape index (κ3) is 4.41. The molecule has 0 unspecified atom stereocenters. The fourth-order valence-corrected chi connectivity index (χ4v) is 3.58. The predicted octanol–water partition coefficient (Wildman–Crippen LogP) is 5.06. The Labute approximate surface area is 150 Å². The number of rotatable bonds is 6. The summed E-state index contributed by atoms with van der Waals surface area (Å²) >= 11 is 0. The van der Waals surface area contributed by atoms with Crippen molar-refractivity contribution in [1.29, 1.82) is 0 Å². The van der Waals surface area contributed by atoms with Gasteiger partial charge in [0.25, 0.3) is 5.91 Å². The average molecular weight is 337 g/mol. The van der Waals surface area contributed by atoms with Crippen molar-refractivity contribution in [3.05, 3.63) is 65.7 Å². The highest BCUT2D eigenvalue weighted by Crippen LogP contribution is 2.26. The van der Waals surface area contributed by atoms with Gasteiger partial charge in [-0.25, -0.2) is 0 Å². The lowest BCUT2D eigenvalue weighted by Gasteiger charge is -2.33. The molecule has 0 heterocycles. The van der Waals surface area contributed by atoms with E-state index in [2.05, 4.69) is 18.7 Å². The van der Waals surface area contributed by atoms with Crippen LogP contribution in [0.4, 0.5) is 0 Å². The average Bonchev–Trinajstić information content (AvgIpc) is 3.15. The molecule has 1 aliphatic rings. The van der Waals surface area contributed by atoms with E-state index in [0.29, 0.717) is 12.6 Å². The lowest BCUT2D eigenvalue weighted by molar-refractivity contribution is 0.0613. The van der Waals surface area contributed by atoms with E-state index in [1.807, 2.05) is 54.6 Å². The van der Waals surface area contributed by atoms with Crippen molar-refractivity contribution in [2.24, 2.45) is 0 Å². The first kappa shape index (κ1) is 17.5. The number of amides is 1. The molecule has 0 aliphatic heterocycles. The van der Waals surface area contributed by atoms with Gasteiger partial charge in [-0.05, 0) is 56.5 Å². The van der Waals surface area contributed by atoms with Crippen LogP contribution < -0.4 is 4.74 Å². The van der Waals surface area contributed by atoms with Crippen LogP contribution >= 0.6 is 0 Å². The number of nitrogens with zero attached hydrogens (tertiary/aromatic N) is 1. The highest BCUT2D eigenvalue weighted by Gasteiger charge is 2.29. The van der Waals surface area contributed by atoms with Gasteiger partial charge in [-0.15, -0.1) is 0 Å². The molecule has 0 saturated heterocycles. The van der Waals surface area contributed by atoms with E-state index < -0.39 is 0 Å². The van der Waals surface area contributed by atoms with Crippen molar-refractivity contribution in [3.8, 4) is 5.75 Å². The second kappa shape index (κ2) is 8.19. The smallest absolute Gasteiger partial charge is 0.254 e. The van der Waals surface area contributed by atoms with E-state index in [4.69, 9.17) is 4.74 Å². The number of carbonyl (C=O) groups excluding carboxylic acids is 1. The van der Waals surface area contributed by atoms with E-state index in [0.717, 1.165) is 29.7 Å². The minimum absolute atomic E-state index is 0.150. The maximum Gasteiger partial charge on any atom is 0.254 e. The summed E-state index contributed by atoms with van der Waals surface area (Å²) in [6.07, 6.45) is 4.73. The maximum atomic E-state index is 13.0. The zero-order chi connectivity index (χ0) is 17.6. The molecule has 3 heteroatoms. The van der Waals surface area contributed by atoms with E-state index >= 15 is 0 Å². The number of hydrogen-bond donors (Lipinski definition) is 0. The molecule has 2 aromatic rings. The molecule has 1 amide bonds. The van der Waals surface area contributed by atoms with Gasteiger partial charge in [0.2, 0.25) is 0 Å². The topological polar surface area (TPSA) is 29.5 Å². The van der Waals surface area contributed by atoms with Crippen molar-refractivity contribution < 1.29 is 9.53 Å². The van der Waals surface area contributed by atoms with Gasteiger partial charge in [0, 0.05) is 17.6 Å². The van der Waals surface area contributed by atoms with E-state index in [9.17, 15) is 4.79 Å². The van der Waals surface area contributed by atoms with Crippen LogP contribution in [0.15, 0.2) is 54.6 Å². The lowest BCUT2D eigenvalue weighted by Crippen LogP contribution is -2.43. The van der Waals surface area contributed by atoms with Gasteiger partial charge < -0.3 is 9.64 Å². The molecule has 2 aromatic carbocycles. The molecule has 3 rings (SSSR count). The Morgan fingerprint density at radius 3 is 2.28 bits per heavy atom. The summed E-state index contributed by atoms with van der Waals surface area (Å²) in [5.74, 6) is 1.01. The highest BCUT2D eigenvalue weighted by molar-refractivity contribution is 5.94. The summed E-state index contributed by atoms with van der Waals surface area (Å²) in [6, 6.07) is 18.2. The van der Waals surface area contributed by atoms with Gasteiger partial charge in [-0.1, -0.05) is 43.2 Å². The predicted molar refractivity (Wildman–Crippen MR) is 101 cm³/mol. The van der Waals surface area contributed by atoms with Crippen molar-refractivity contribution in [3.63, 3.8) is 0 Å². The first-order valence-electron chi connectivity index (χ1n) is 9.24. The molecule has 0 radical (unpaired) electrons. The van der Waals surface area contributed by atoms with Crippen LogP contribution in [-0.4, -0.2) is 22.9 Å². The molecule has 0 aromatic heterocycles. The Kier molecular flexibility index (Phi) is 5.75. The van der Waals surface area contributed by atoms with Gasteiger partial charge in [0.05, 0.1) is 0 Å². The normalized spacial score (nSPS) is 14.7. The van der Waals surface area contributed by atoms with Gasteiger partial charge in [0.15, 0.2) is 0 Å². The Bertz CT molecular complexity index is 673. The standard InChI is InChI=1S/C22H27NO2/c1-17(2)23(20-8-6-7-9-20)22(24)19-14-12-18(13-15-19)16-25-21-10-4-3-5-11-21/h3-5,10-15,17,20H,6-9,16H2,1-2H3. The first-order valence-corrected chi connectivity index (χ1v) is 9.24. The van der Waals surface area contributed by atoms with Crippen LogP contribution in [0.5, 0.6) is 5.75 Å². The van der Waals surface area contributed by atoms with Crippen molar-refractivity contribution in [1.82, 2.24) is 4.90 Å². The Hall–Kier alpha value is -2.29. The van der Waals surface area contributed by atoms with Gasteiger partial charge in [0.1, 0.15) is 12.4 Å². The summed E-state index contributed by atoms with van der Waals surface area (Å²) in [5.41, 5.74) is 1.83. The molecular weight excluding hydrogens is 310 g/mol. The van der Waals surface area contributed by atoms with Crippen molar-refractivity contribution in [2.45, 2.75) is 58.2 Å². The molecule has 0 spiro atoms. The Morgan fingerprint density at radius 2 is 1.68 bits per heavy atom. The maximum absolute atomic E-state index is 13.0. The van der Waals surface area contributed by atoms with Gasteiger partial charge in [-0.3, -0.25) is 4.79 Å². The molecule has 1 saturated carbocycles. The highest BCUT2D eigenvalue weighted by atomic mass is 16.5. The SMILES string of the molecule is CC(C)N(C(=O)c1ccc(COc2ccccc2)cc1)C1CCCC1. The molecule has 132 valence electrons. The van der Waals surface area contributed by atoms with Crippen LogP contribution in [0.3, 0.4) is 0 Å². The largest absolute Gasteiger partial charge is 0.489 e. The summed E-state index contributed by atoms with van der Waals surface area (Å²) in [5, 5.41) is 0. The van der Waals surface area contributed by atoms with E-state index in [-0.39, 0.29) is 11.9 Å². The number of benzene rings is 2. The quantitative estimate of drug-likeness (QED) is 0.737. The molecule has 25 heavy (non-hydrogen) atoms. The molecular formula is C22H27NO2. The zero-order valence-corrected chi connectivity index (χ0v) is 15.2. The second-order valence-electron chi connectivity index (χ2n) is 7.04. The number of hydrogen-bond acceptors (Lipinski definition) is 2. The Morgan fingerprint density at radius 1 is 1.04 bits per heavy atom.